The lowest BCUT2D eigenvalue weighted by molar-refractivity contribution is 0.258. The smallest absolute Gasteiger partial charge is 0.191 e. The van der Waals surface area contributed by atoms with Crippen LogP contribution in [0.4, 0.5) is 0 Å². The topological polar surface area (TPSA) is 52.8 Å². The van der Waals surface area contributed by atoms with Crippen molar-refractivity contribution >= 4 is 5.96 Å². The van der Waals surface area contributed by atoms with Crippen molar-refractivity contribution in [3.8, 4) is 0 Å². The summed E-state index contributed by atoms with van der Waals surface area (Å²) in [7, 11) is 5.91. The summed E-state index contributed by atoms with van der Waals surface area (Å²) in [5.74, 6) is 1.82. The molecule has 0 radical (unpaired) electrons. The van der Waals surface area contributed by atoms with Gasteiger partial charge in [-0.15, -0.1) is 0 Å². The van der Waals surface area contributed by atoms with Crippen LogP contribution in [0.5, 0.6) is 0 Å². The van der Waals surface area contributed by atoms with Gasteiger partial charge in [0.1, 0.15) is 5.76 Å². The molecule has 21 heavy (non-hydrogen) atoms. The summed E-state index contributed by atoms with van der Waals surface area (Å²) in [6, 6.07) is 4.12. The lowest BCUT2D eigenvalue weighted by atomic mass is 10.2. The van der Waals surface area contributed by atoms with Gasteiger partial charge in [-0.25, -0.2) is 0 Å². The van der Waals surface area contributed by atoms with E-state index in [0.717, 1.165) is 24.8 Å². The van der Waals surface area contributed by atoms with Crippen molar-refractivity contribution in [2.45, 2.75) is 38.6 Å². The molecule has 0 bridgehead atoms. The molecule has 0 aliphatic rings. The molecule has 0 aromatic carbocycles. The van der Waals surface area contributed by atoms with Crippen molar-refractivity contribution in [2.24, 2.45) is 4.99 Å². The van der Waals surface area contributed by atoms with Crippen molar-refractivity contribution in [3.63, 3.8) is 0 Å². The van der Waals surface area contributed by atoms with E-state index < -0.39 is 0 Å². The molecule has 1 heterocycles. The van der Waals surface area contributed by atoms with Crippen molar-refractivity contribution in [2.75, 3.05) is 34.2 Å². The van der Waals surface area contributed by atoms with E-state index in [0.29, 0.717) is 0 Å². The van der Waals surface area contributed by atoms with Gasteiger partial charge in [0.15, 0.2) is 5.96 Å². The summed E-state index contributed by atoms with van der Waals surface area (Å²) in [5.41, 5.74) is 0. The predicted molar refractivity (Wildman–Crippen MR) is 88.6 cm³/mol. The van der Waals surface area contributed by atoms with E-state index in [1.54, 1.807) is 13.3 Å². The minimum atomic E-state index is 0.193. The molecule has 0 spiro atoms. The van der Waals surface area contributed by atoms with Gasteiger partial charge in [-0.2, -0.15) is 0 Å². The molecule has 0 amide bonds. The number of hydrogen-bond donors (Lipinski definition) is 2. The Morgan fingerprint density at radius 2 is 2.10 bits per heavy atom. The molecule has 2 N–H and O–H groups in total. The lowest BCUT2D eigenvalue weighted by Crippen LogP contribution is -2.42. The molecule has 0 aliphatic heterocycles. The van der Waals surface area contributed by atoms with E-state index in [1.807, 2.05) is 12.1 Å². The number of guanidine groups is 1. The number of unbranched alkanes of at least 4 members (excludes halogenated alkanes) is 3. The first-order chi connectivity index (χ1) is 10.2. The highest BCUT2D eigenvalue weighted by molar-refractivity contribution is 5.79. The molecule has 0 saturated carbocycles. The van der Waals surface area contributed by atoms with Crippen LogP contribution in [0.2, 0.25) is 0 Å². The third kappa shape index (κ3) is 6.67. The van der Waals surface area contributed by atoms with Gasteiger partial charge in [0, 0.05) is 20.1 Å². The number of rotatable bonds is 9. The Morgan fingerprint density at radius 1 is 1.29 bits per heavy atom. The largest absolute Gasteiger partial charge is 0.468 e. The van der Waals surface area contributed by atoms with Crippen LogP contribution in [0.1, 0.15) is 44.4 Å². The van der Waals surface area contributed by atoms with E-state index in [2.05, 4.69) is 41.5 Å². The molecule has 0 aliphatic carbocycles. The highest BCUT2D eigenvalue weighted by atomic mass is 16.3. The Labute approximate surface area is 128 Å². The maximum atomic E-state index is 5.51. The molecule has 5 heteroatoms. The van der Waals surface area contributed by atoms with E-state index in [1.165, 1.54) is 25.7 Å². The first-order valence-electron chi connectivity index (χ1n) is 7.83. The summed E-state index contributed by atoms with van der Waals surface area (Å²) in [4.78, 5) is 6.40. The normalized spacial score (nSPS) is 13.5. The second-order valence-electron chi connectivity index (χ2n) is 5.44. The van der Waals surface area contributed by atoms with Crippen LogP contribution >= 0.6 is 0 Å². The fourth-order valence-electron chi connectivity index (χ4n) is 2.19. The van der Waals surface area contributed by atoms with Gasteiger partial charge in [0.05, 0.1) is 12.3 Å². The fourth-order valence-corrected chi connectivity index (χ4v) is 2.19. The van der Waals surface area contributed by atoms with Gasteiger partial charge in [0.25, 0.3) is 0 Å². The highest BCUT2D eigenvalue weighted by Crippen LogP contribution is 2.17. The first kappa shape index (κ1) is 17.6. The lowest BCUT2D eigenvalue weighted by Gasteiger charge is -2.23. The van der Waals surface area contributed by atoms with E-state index in [9.17, 15) is 0 Å². The summed E-state index contributed by atoms with van der Waals surface area (Å²) >= 11 is 0. The maximum Gasteiger partial charge on any atom is 0.191 e. The molecular formula is C16H30N4O. The summed E-state index contributed by atoms with van der Waals surface area (Å²) in [6.07, 6.45) is 6.74. The minimum absolute atomic E-state index is 0.193. The third-order valence-electron chi connectivity index (χ3n) is 3.50. The Bertz CT molecular complexity index is 387. The Balaban J connectivity index is 2.35. The van der Waals surface area contributed by atoms with Crippen LogP contribution in [0.25, 0.3) is 0 Å². The molecule has 5 nitrogen and oxygen atoms in total. The molecule has 1 rings (SSSR count). The standard InChI is InChI=1S/C16H30N4O/c1-5-6-7-8-11-18-16(17-2)19-13-14(20(3)4)15-10-9-12-21-15/h9-10,12,14H,5-8,11,13H2,1-4H3,(H2,17,18,19). The number of aliphatic imine (C=N–C) groups is 1. The van der Waals surface area contributed by atoms with Gasteiger partial charge >= 0.3 is 0 Å². The Kier molecular flexibility index (Phi) is 8.59. The van der Waals surface area contributed by atoms with Crippen molar-refractivity contribution in [1.82, 2.24) is 15.5 Å². The monoisotopic (exact) mass is 294 g/mol. The van der Waals surface area contributed by atoms with Crippen molar-refractivity contribution < 1.29 is 4.42 Å². The summed E-state index contributed by atoms with van der Waals surface area (Å²) < 4.78 is 5.51. The second-order valence-corrected chi connectivity index (χ2v) is 5.44. The summed E-state index contributed by atoms with van der Waals surface area (Å²) in [6.45, 7) is 3.95. The van der Waals surface area contributed by atoms with Gasteiger partial charge < -0.3 is 15.1 Å². The van der Waals surface area contributed by atoms with Crippen LogP contribution in [0.15, 0.2) is 27.8 Å². The van der Waals surface area contributed by atoms with Crippen molar-refractivity contribution in [1.29, 1.82) is 0 Å². The molecule has 1 unspecified atom stereocenters. The molecule has 120 valence electrons. The number of furan rings is 1. The van der Waals surface area contributed by atoms with Crippen LogP contribution < -0.4 is 10.6 Å². The van der Waals surface area contributed by atoms with Gasteiger partial charge in [-0.05, 0) is 32.6 Å². The minimum Gasteiger partial charge on any atom is -0.468 e. The van der Waals surface area contributed by atoms with Crippen LogP contribution in [0, 0.1) is 0 Å². The molecule has 1 aromatic heterocycles. The maximum absolute atomic E-state index is 5.51. The van der Waals surface area contributed by atoms with Crippen molar-refractivity contribution in [3.05, 3.63) is 24.2 Å². The molecule has 0 fully saturated rings. The third-order valence-corrected chi connectivity index (χ3v) is 3.50. The van der Waals surface area contributed by atoms with Crippen LogP contribution in [0.3, 0.4) is 0 Å². The zero-order valence-electron chi connectivity index (χ0n) is 13.9. The summed E-state index contributed by atoms with van der Waals surface area (Å²) in [5, 5.41) is 6.72. The van der Waals surface area contributed by atoms with Gasteiger partial charge in [-0.1, -0.05) is 26.2 Å². The SMILES string of the molecule is CCCCCCNC(=NC)NCC(c1ccco1)N(C)C. The average molecular weight is 294 g/mol. The average Bonchev–Trinajstić information content (AvgIpc) is 2.98. The molecule has 1 aromatic rings. The molecule has 1 atom stereocenters. The second kappa shape index (κ2) is 10.3. The van der Waals surface area contributed by atoms with E-state index >= 15 is 0 Å². The van der Waals surface area contributed by atoms with E-state index in [-0.39, 0.29) is 6.04 Å². The first-order valence-corrected chi connectivity index (χ1v) is 7.83. The van der Waals surface area contributed by atoms with Gasteiger partial charge in [-0.3, -0.25) is 9.89 Å². The quantitative estimate of drug-likeness (QED) is 0.418. The zero-order chi connectivity index (χ0) is 15.5. The number of hydrogen-bond acceptors (Lipinski definition) is 3. The number of nitrogens with one attached hydrogen (secondary N) is 2. The number of likely N-dealkylation sites (N-methyl/N-ethyl adjacent to an activating group) is 1. The van der Waals surface area contributed by atoms with Crippen LogP contribution in [-0.4, -0.2) is 45.1 Å². The Hall–Kier alpha value is -1.49. The fraction of sp³-hybridized carbons (Fsp3) is 0.688. The van der Waals surface area contributed by atoms with E-state index in [4.69, 9.17) is 4.42 Å². The molecule has 0 saturated heterocycles. The number of nitrogens with zero attached hydrogens (tertiary/aromatic N) is 2. The zero-order valence-corrected chi connectivity index (χ0v) is 13.9. The van der Waals surface area contributed by atoms with Gasteiger partial charge in [0.2, 0.25) is 0 Å². The predicted octanol–water partition coefficient (Wildman–Crippen LogP) is 2.63. The van der Waals surface area contributed by atoms with Crippen LogP contribution in [-0.2, 0) is 0 Å². The molecular weight excluding hydrogens is 264 g/mol. The Morgan fingerprint density at radius 3 is 2.67 bits per heavy atom. The highest BCUT2D eigenvalue weighted by Gasteiger charge is 2.17.